The van der Waals surface area contributed by atoms with Gasteiger partial charge >= 0.3 is 11.9 Å². The number of hydrogen-bond acceptors (Lipinski definition) is 7. The molecule has 170 valence electrons. The van der Waals surface area contributed by atoms with Crippen LogP contribution in [0.5, 0.6) is 17.2 Å². The molecule has 3 rings (SSSR count). The number of nitrogens with zero attached hydrogens (tertiary/aromatic N) is 2. The van der Waals surface area contributed by atoms with Crippen molar-refractivity contribution in [3.63, 3.8) is 0 Å². The molecule has 0 aliphatic carbocycles. The summed E-state index contributed by atoms with van der Waals surface area (Å²) < 4.78 is 18.1. The molecule has 0 saturated carbocycles. The highest BCUT2D eigenvalue weighted by molar-refractivity contribution is 6.27. The van der Waals surface area contributed by atoms with Crippen LogP contribution in [0.2, 0.25) is 0 Å². The minimum atomic E-state index is -1.82. The van der Waals surface area contributed by atoms with Crippen molar-refractivity contribution in [1.29, 1.82) is 0 Å². The van der Waals surface area contributed by atoms with E-state index in [0.29, 0.717) is 35.8 Å². The number of methoxy groups -OCH3 is 2. The maximum atomic E-state index is 12.4. The van der Waals surface area contributed by atoms with Gasteiger partial charge in [0, 0.05) is 6.54 Å². The number of para-hydroxylation sites is 2. The van der Waals surface area contributed by atoms with E-state index in [1.807, 2.05) is 36.4 Å². The van der Waals surface area contributed by atoms with E-state index < -0.39 is 11.9 Å². The van der Waals surface area contributed by atoms with Crippen LogP contribution in [-0.4, -0.2) is 52.5 Å². The van der Waals surface area contributed by atoms with Gasteiger partial charge < -0.3 is 24.4 Å². The molecule has 0 aliphatic heterocycles. The van der Waals surface area contributed by atoms with E-state index in [0.717, 1.165) is 18.4 Å². The SMILES string of the molecule is COc1cccc(OC)c1OCCCCn1cnc2ccccc2c1=O.O=C(O)C(=O)O. The Morgan fingerprint density at radius 3 is 2.16 bits per heavy atom. The largest absolute Gasteiger partial charge is 0.493 e. The second kappa shape index (κ2) is 11.9. The van der Waals surface area contributed by atoms with E-state index in [-0.39, 0.29) is 5.56 Å². The van der Waals surface area contributed by atoms with E-state index in [4.69, 9.17) is 34.0 Å². The van der Waals surface area contributed by atoms with E-state index in [2.05, 4.69) is 4.98 Å². The molecule has 0 aliphatic rings. The van der Waals surface area contributed by atoms with Gasteiger partial charge in [0.2, 0.25) is 5.75 Å². The molecule has 1 heterocycles. The zero-order valence-electron chi connectivity index (χ0n) is 17.7. The van der Waals surface area contributed by atoms with Crippen LogP contribution in [0, 0.1) is 0 Å². The Bertz CT molecular complexity index is 1090. The first kappa shape index (κ1) is 24.2. The van der Waals surface area contributed by atoms with Crippen LogP contribution in [-0.2, 0) is 16.1 Å². The average Bonchev–Trinajstić information content (AvgIpc) is 2.80. The maximum Gasteiger partial charge on any atom is 0.414 e. The van der Waals surface area contributed by atoms with Crippen LogP contribution in [0.25, 0.3) is 10.9 Å². The predicted octanol–water partition coefficient (Wildman–Crippen LogP) is 2.43. The first-order valence-electron chi connectivity index (χ1n) is 9.63. The maximum absolute atomic E-state index is 12.4. The second-order valence-electron chi connectivity index (χ2n) is 6.42. The van der Waals surface area contributed by atoms with Crippen LogP contribution in [0.1, 0.15) is 12.8 Å². The second-order valence-corrected chi connectivity index (χ2v) is 6.42. The van der Waals surface area contributed by atoms with E-state index in [1.165, 1.54) is 0 Å². The fourth-order valence-corrected chi connectivity index (χ4v) is 2.78. The summed E-state index contributed by atoms with van der Waals surface area (Å²) in [7, 11) is 3.20. The minimum Gasteiger partial charge on any atom is -0.493 e. The smallest absolute Gasteiger partial charge is 0.414 e. The van der Waals surface area contributed by atoms with E-state index >= 15 is 0 Å². The Balaban J connectivity index is 0.000000534. The van der Waals surface area contributed by atoms with Crippen molar-refractivity contribution in [3.05, 3.63) is 59.1 Å². The number of hydrogen-bond donors (Lipinski definition) is 2. The molecule has 2 N–H and O–H groups in total. The van der Waals surface area contributed by atoms with Gasteiger partial charge in [-0.05, 0) is 37.1 Å². The molecule has 0 fully saturated rings. The first-order chi connectivity index (χ1) is 15.4. The number of ether oxygens (including phenoxy) is 3. The number of aryl methyl sites for hydroxylation is 1. The van der Waals surface area contributed by atoms with Crippen molar-refractivity contribution < 1.29 is 34.0 Å². The van der Waals surface area contributed by atoms with Crippen molar-refractivity contribution in [1.82, 2.24) is 9.55 Å². The van der Waals surface area contributed by atoms with Crippen LogP contribution >= 0.6 is 0 Å². The highest BCUT2D eigenvalue weighted by atomic mass is 16.5. The highest BCUT2D eigenvalue weighted by Crippen LogP contribution is 2.36. The molecule has 0 saturated heterocycles. The number of aliphatic carboxylic acids is 2. The monoisotopic (exact) mass is 444 g/mol. The number of carboxylic acid groups (broad SMARTS) is 2. The molecule has 3 aromatic rings. The Kier molecular flexibility index (Phi) is 9.03. The van der Waals surface area contributed by atoms with Crippen molar-refractivity contribution in [2.75, 3.05) is 20.8 Å². The molecule has 0 bridgehead atoms. The van der Waals surface area contributed by atoms with Gasteiger partial charge in [-0.2, -0.15) is 0 Å². The van der Waals surface area contributed by atoms with Crippen LogP contribution < -0.4 is 19.8 Å². The zero-order chi connectivity index (χ0) is 23.5. The Hall–Kier alpha value is -4.08. The molecular formula is C22H24N2O8. The van der Waals surface area contributed by atoms with E-state index in [1.54, 1.807) is 31.2 Å². The fourth-order valence-electron chi connectivity index (χ4n) is 2.78. The number of aromatic nitrogens is 2. The van der Waals surface area contributed by atoms with E-state index in [9.17, 15) is 4.79 Å². The molecule has 0 atom stereocenters. The van der Waals surface area contributed by atoms with Gasteiger partial charge in [0.1, 0.15) is 0 Å². The summed E-state index contributed by atoms with van der Waals surface area (Å²) in [4.78, 5) is 35.0. The van der Waals surface area contributed by atoms with Crippen LogP contribution in [0.15, 0.2) is 53.6 Å². The van der Waals surface area contributed by atoms with Crippen LogP contribution in [0.4, 0.5) is 0 Å². The summed E-state index contributed by atoms with van der Waals surface area (Å²) in [5.41, 5.74) is 0.711. The number of carbonyl (C=O) groups is 2. The average molecular weight is 444 g/mol. The van der Waals surface area contributed by atoms with Crippen molar-refractivity contribution >= 4 is 22.8 Å². The number of unbranched alkanes of at least 4 members (excludes halogenated alkanes) is 1. The summed E-state index contributed by atoms with van der Waals surface area (Å²) in [6.07, 6.45) is 3.20. The van der Waals surface area contributed by atoms with Crippen molar-refractivity contribution in [3.8, 4) is 17.2 Å². The zero-order valence-corrected chi connectivity index (χ0v) is 17.7. The molecule has 0 amide bonds. The quantitative estimate of drug-likeness (QED) is 0.396. The molecule has 10 nitrogen and oxygen atoms in total. The minimum absolute atomic E-state index is 0.0112. The molecule has 0 radical (unpaired) electrons. The summed E-state index contributed by atoms with van der Waals surface area (Å²) in [5.74, 6) is -1.77. The predicted molar refractivity (Wildman–Crippen MR) is 116 cm³/mol. The number of carboxylic acids is 2. The van der Waals surface area contributed by atoms with Crippen LogP contribution in [0.3, 0.4) is 0 Å². The topological polar surface area (TPSA) is 137 Å². The summed E-state index contributed by atoms with van der Waals surface area (Å²) in [6.45, 7) is 1.11. The normalized spacial score (nSPS) is 10.1. The molecule has 32 heavy (non-hydrogen) atoms. The lowest BCUT2D eigenvalue weighted by Crippen LogP contribution is -2.20. The van der Waals surface area contributed by atoms with Gasteiger partial charge in [-0.3, -0.25) is 9.36 Å². The lowest BCUT2D eigenvalue weighted by Gasteiger charge is -2.14. The van der Waals surface area contributed by atoms with Gasteiger partial charge in [0.25, 0.3) is 5.56 Å². The van der Waals surface area contributed by atoms with Gasteiger partial charge in [-0.25, -0.2) is 14.6 Å². The highest BCUT2D eigenvalue weighted by Gasteiger charge is 2.11. The Morgan fingerprint density at radius 1 is 0.938 bits per heavy atom. The Labute approximate surface area is 183 Å². The number of rotatable bonds is 8. The van der Waals surface area contributed by atoms with Crippen molar-refractivity contribution in [2.45, 2.75) is 19.4 Å². The third kappa shape index (κ3) is 6.46. The van der Waals surface area contributed by atoms with Gasteiger partial charge in [-0.15, -0.1) is 0 Å². The molecular weight excluding hydrogens is 420 g/mol. The third-order valence-electron chi connectivity index (χ3n) is 4.34. The molecule has 0 unspecified atom stereocenters. The van der Waals surface area contributed by atoms with Crippen molar-refractivity contribution in [2.24, 2.45) is 0 Å². The number of benzene rings is 2. The molecule has 2 aromatic carbocycles. The summed E-state index contributed by atoms with van der Waals surface area (Å²) in [5, 5.41) is 15.4. The fraction of sp³-hybridized carbons (Fsp3) is 0.273. The number of fused-ring (bicyclic) bond motifs is 1. The summed E-state index contributed by atoms with van der Waals surface area (Å²) >= 11 is 0. The Morgan fingerprint density at radius 2 is 1.56 bits per heavy atom. The lowest BCUT2D eigenvalue weighted by molar-refractivity contribution is -0.159. The summed E-state index contributed by atoms with van der Waals surface area (Å²) in [6, 6.07) is 12.9. The molecule has 0 spiro atoms. The standard InChI is InChI=1S/C20H22N2O4.C2H2O4/c1-24-17-10-7-11-18(25-2)19(17)26-13-6-5-12-22-14-21-16-9-4-3-8-15(16)20(22)23;3-1(4)2(5)6/h3-4,7-11,14H,5-6,12-13H2,1-2H3;(H,3,4)(H,5,6). The third-order valence-corrected chi connectivity index (χ3v) is 4.34. The van der Waals surface area contributed by atoms with Gasteiger partial charge in [0.05, 0.1) is 38.1 Å². The first-order valence-corrected chi connectivity index (χ1v) is 9.63. The molecule has 10 heteroatoms. The molecule has 1 aromatic heterocycles. The lowest BCUT2D eigenvalue weighted by atomic mass is 10.2. The van der Waals surface area contributed by atoms with Gasteiger partial charge in [0.15, 0.2) is 11.5 Å². The van der Waals surface area contributed by atoms with Gasteiger partial charge in [-0.1, -0.05) is 18.2 Å².